The van der Waals surface area contributed by atoms with Crippen LogP contribution < -0.4 is 0 Å². The maximum Gasteiger partial charge on any atom is 0.264 e. The van der Waals surface area contributed by atoms with Gasteiger partial charge in [0.15, 0.2) is 5.78 Å². The normalized spacial score (nSPS) is 69.6. The summed E-state index contributed by atoms with van der Waals surface area (Å²) >= 11 is 0. The Morgan fingerprint density at radius 1 is 1.11 bits per heavy atom. The quantitative estimate of drug-likeness (QED) is 0.732. The van der Waals surface area contributed by atoms with Crippen LogP contribution in [0.5, 0.6) is 0 Å². The molecule has 9 aliphatic rings. The van der Waals surface area contributed by atoms with E-state index in [1.54, 1.807) is 6.08 Å². The highest BCUT2D eigenvalue weighted by Crippen LogP contribution is 2.95. The Hall–Kier alpha value is -0.720. The number of carbonyl (C=O) groups excluding carboxylic acids is 1. The van der Waals surface area contributed by atoms with Crippen LogP contribution in [-0.4, -0.2) is 37.8 Å². The Bertz CT molecular complexity index is 971. The van der Waals surface area contributed by atoms with E-state index in [9.17, 15) is 18.3 Å². The highest BCUT2D eigenvalue weighted by Gasteiger charge is 2.96. The molecule has 9 aliphatic carbocycles. The molecule has 5 nitrogen and oxygen atoms in total. The summed E-state index contributed by atoms with van der Waals surface area (Å²) in [6, 6.07) is 0. The second kappa shape index (κ2) is 3.84. The number of allylic oxidation sites excluding steroid dienone is 2. The molecule has 0 aromatic rings. The van der Waals surface area contributed by atoms with Crippen LogP contribution in [0.25, 0.3) is 0 Å². The molecule has 9 rings (SSSR count). The fourth-order valence-corrected chi connectivity index (χ4v) is 12.2. The molecule has 8 fully saturated rings. The molecule has 0 spiro atoms. The zero-order chi connectivity index (χ0) is 18.2. The molecular formula is C21H24O5S. The van der Waals surface area contributed by atoms with E-state index >= 15 is 0 Å². The molecule has 8 saturated carbocycles. The lowest BCUT2D eigenvalue weighted by Gasteiger charge is -2.60. The molecule has 6 heteroatoms. The average Bonchev–Trinajstić information content (AvgIpc) is 3.34. The molecule has 9 bridgehead atoms. The van der Waals surface area contributed by atoms with E-state index in [-0.39, 0.29) is 36.1 Å². The smallest absolute Gasteiger partial charge is 0.264 e. The molecule has 144 valence electrons. The number of ketones is 1. The van der Waals surface area contributed by atoms with Gasteiger partial charge in [0.25, 0.3) is 10.1 Å². The first-order chi connectivity index (χ1) is 12.8. The van der Waals surface area contributed by atoms with Crippen molar-refractivity contribution in [3.63, 3.8) is 0 Å². The summed E-state index contributed by atoms with van der Waals surface area (Å²) in [6.45, 7) is 0.0941. The minimum absolute atomic E-state index is 0.0396. The first-order valence-electron chi connectivity index (χ1n) is 10.6. The second-order valence-electron chi connectivity index (χ2n) is 11.0. The second-order valence-corrected chi connectivity index (χ2v) is 12.7. The summed E-state index contributed by atoms with van der Waals surface area (Å²) in [5.74, 6) is 4.90. The molecule has 0 heterocycles. The molecule has 27 heavy (non-hydrogen) atoms. The standard InChI is InChI=1S/C21H24O5S/c1-27(24,25)26-6-20-17-8-2-4-9-11(8)14-16(17)15-13(19(14)21(9,20)23)7-3-5-10(22)12(7)18(15)20/h3,5,7-9,11-19,23H,2,4,6H2,1H3/t7-,8+,9+,11+,12+,13-,14+,15+,16+,17-,18-,19-,20+,21+/m0/s1. The van der Waals surface area contributed by atoms with Crippen molar-refractivity contribution in [3.8, 4) is 0 Å². The van der Waals surface area contributed by atoms with Crippen LogP contribution in [0.3, 0.4) is 0 Å². The van der Waals surface area contributed by atoms with Crippen molar-refractivity contribution in [3.05, 3.63) is 12.2 Å². The average molecular weight is 388 g/mol. The van der Waals surface area contributed by atoms with Gasteiger partial charge in [-0.2, -0.15) is 8.42 Å². The fraction of sp³-hybridized carbons (Fsp3) is 0.857. The number of carbonyl (C=O) groups is 1. The Balaban J connectivity index is 1.42. The van der Waals surface area contributed by atoms with E-state index in [2.05, 4.69) is 6.08 Å². The van der Waals surface area contributed by atoms with E-state index in [4.69, 9.17) is 4.18 Å². The van der Waals surface area contributed by atoms with Crippen LogP contribution in [0.2, 0.25) is 0 Å². The molecule has 0 radical (unpaired) electrons. The van der Waals surface area contributed by atoms with Gasteiger partial charge in [0.05, 0.1) is 18.5 Å². The molecule has 0 amide bonds. The van der Waals surface area contributed by atoms with Gasteiger partial charge in [-0.15, -0.1) is 0 Å². The van der Waals surface area contributed by atoms with E-state index < -0.39 is 21.1 Å². The number of aliphatic hydroxyl groups is 1. The SMILES string of the molecule is CS(=O)(=O)OC[C@@]12[C@H]3[C@@H]4CC[C@@H]5[C@@H]4[C@@H]4[C@@H]3[C@H]3[C@H]([C@H]6C=CC(=O)[C@@H]6[C@@H]31)[C@@H]4[C@]52O. The van der Waals surface area contributed by atoms with Gasteiger partial charge >= 0.3 is 0 Å². The lowest BCUT2D eigenvalue weighted by atomic mass is 9.47. The van der Waals surface area contributed by atoms with Crippen molar-refractivity contribution in [2.75, 3.05) is 12.9 Å². The van der Waals surface area contributed by atoms with E-state index in [0.29, 0.717) is 47.3 Å². The number of hydrogen-bond donors (Lipinski definition) is 1. The summed E-state index contributed by atoms with van der Waals surface area (Å²) in [5.41, 5.74) is -1.34. The first-order valence-corrected chi connectivity index (χ1v) is 12.4. The zero-order valence-electron chi connectivity index (χ0n) is 15.2. The maximum atomic E-state index is 12.9. The first kappa shape index (κ1) is 15.2. The van der Waals surface area contributed by atoms with Crippen molar-refractivity contribution >= 4 is 15.9 Å². The fourth-order valence-electron chi connectivity index (χ4n) is 11.8. The van der Waals surface area contributed by atoms with E-state index in [1.807, 2.05) is 0 Å². The monoisotopic (exact) mass is 388 g/mol. The number of rotatable bonds is 3. The van der Waals surface area contributed by atoms with Gasteiger partial charge in [-0.05, 0) is 84.0 Å². The third kappa shape index (κ3) is 1.15. The summed E-state index contributed by atoms with van der Waals surface area (Å²) in [6.07, 6.45) is 7.26. The van der Waals surface area contributed by atoms with E-state index in [0.717, 1.165) is 12.7 Å². The molecule has 0 unspecified atom stereocenters. The molecule has 1 N–H and O–H groups in total. The predicted molar refractivity (Wildman–Crippen MR) is 93.4 cm³/mol. The Morgan fingerprint density at radius 3 is 2.63 bits per heavy atom. The highest BCUT2D eigenvalue weighted by atomic mass is 32.2. The van der Waals surface area contributed by atoms with Crippen molar-refractivity contribution < 1.29 is 22.5 Å². The number of hydrogen-bond acceptors (Lipinski definition) is 5. The van der Waals surface area contributed by atoms with Crippen molar-refractivity contribution in [1.82, 2.24) is 0 Å². The predicted octanol–water partition coefficient (Wildman–Crippen LogP) is 1.09. The molecule has 0 aromatic heterocycles. The minimum Gasteiger partial charge on any atom is -0.389 e. The van der Waals surface area contributed by atoms with Gasteiger partial charge in [-0.1, -0.05) is 6.08 Å². The van der Waals surface area contributed by atoms with Gasteiger partial charge < -0.3 is 5.11 Å². The zero-order valence-corrected chi connectivity index (χ0v) is 16.0. The molecule has 0 aliphatic heterocycles. The third-order valence-electron chi connectivity index (χ3n) is 11.2. The number of fused-ring (bicyclic) bond motifs is 1. The van der Waals surface area contributed by atoms with Crippen molar-refractivity contribution in [2.45, 2.75) is 18.4 Å². The molecular weight excluding hydrogens is 364 g/mol. The van der Waals surface area contributed by atoms with E-state index in [1.165, 1.54) is 6.42 Å². The molecule has 0 aromatic carbocycles. The highest BCUT2D eigenvalue weighted by molar-refractivity contribution is 7.85. The third-order valence-corrected chi connectivity index (χ3v) is 11.8. The summed E-state index contributed by atoms with van der Waals surface area (Å²) < 4.78 is 29.4. The van der Waals surface area contributed by atoms with Crippen LogP contribution in [0, 0.1) is 76.4 Å². The van der Waals surface area contributed by atoms with Crippen molar-refractivity contribution in [1.29, 1.82) is 0 Å². The Kier molecular flexibility index (Phi) is 2.16. The minimum atomic E-state index is -3.59. The van der Waals surface area contributed by atoms with Gasteiger partial charge in [0.1, 0.15) is 0 Å². The van der Waals surface area contributed by atoms with Crippen LogP contribution >= 0.6 is 0 Å². The maximum absolute atomic E-state index is 12.9. The van der Waals surface area contributed by atoms with Crippen LogP contribution in [-0.2, 0) is 19.1 Å². The largest absolute Gasteiger partial charge is 0.389 e. The van der Waals surface area contributed by atoms with Crippen molar-refractivity contribution in [2.24, 2.45) is 76.4 Å². The van der Waals surface area contributed by atoms with Gasteiger partial charge in [0.2, 0.25) is 0 Å². The lowest BCUT2D eigenvalue weighted by molar-refractivity contribution is -0.236. The summed E-state index contributed by atoms with van der Waals surface area (Å²) in [7, 11) is -3.59. The van der Waals surface area contributed by atoms with Gasteiger partial charge in [0, 0.05) is 11.3 Å². The molecule has 0 saturated heterocycles. The Morgan fingerprint density at radius 2 is 1.85 bits per heavy atom. The van der Waals surface area contributed by atoms with Crippen LogP contribution in [0.4, 0.5) is 0 Å². The van der Waals surface area contributed by atoms with Crippen LogP contribution in [0.15, 0.2) is 12.2 Å². The lowest BCUT2D eigenvalue weighted by Crippen LogP contribution is -2.67. The molecule has 14 atom stereocenters. The summed E-state index contributed by atoms with van der Waals surface area (Å²) in [5, 5.41) is 12.5. The van der Waals surface area contributed by atoms with Gasteiger partial charge in [-0.25, -0.2) is 0 Å². The van der Waals surface area contributed by atoms with Gasteiger partial charge in [-0.3, -0.25) is 8.98 Å². The Labute approximate surface area is 158 Å². The van der Waals surface area contributed by atoms with Crippen LogP contribution in [0.1, 0.15) is 12.8 Å². The summed E-state index contributed by atoms with van der Waals surface area (Å²) in [4.78, 5) is 12.9. The topological polar surface area (TPSA) is 80.7 Å².